The number of carbonyl (C=O) groups is 2. The monoisotopic (exact) mass is 370 g/mol. The molecule has 0 aliphatic rings. The molecule has 2 rings (SSSR count). The maximum atomic E-state index is 12.0. The Hall–Kier alpha value is -3.12. The normalized spacial score (nSPS) is 12.1. The molecule has 0 aromatic heterocycles. The fourth-order valence-corrected chi connectivity index (χ4v) is 2.07. The molecule has 6 heteroatoms. The zero-order valence-corrected chi connectivity index (χ0v) is 15.0. The number of hydrogen-bond acceptors (Lipinski definition) is 6. The highest BCUT2D eigenvalue weighted by atomic mass is 16.6. The number of esters is 1. The number of benzene rings is 2. The Bertz CT molecular complexity index is 755. The number of aliphatic hydroxyl groups is 1. The van der Waals surface area contributed by atoms with Crippen molar-refractivity contribution in [2.75, 3.05) is 19.8 Å². The fourth-order valence-electron chi connectivity index (χ4n) is 2.07. The van der Waals surface area contributed by atoms with Gasteiger partial charge in [0.15, 0.2) is 11.9 Å². The van der Waals surface area contributed by atoms with Crippen LogP contribution in [0.25, 0.3) is 0 Å². The first kappa shape index (κ1) is 20.2. The van der Waals surface area contributed by atoms with E-state index in [1.54, 1.807) is 36.4 Å². The second-order valence-corrected chi connectivity index (χ2v) is 5.67. The molecule has 6 nitrogen and oxygen atoms in total. The number of ether oxygens (including phenoxy) is 3. The molecular formula is C21H22O6. The highest BCUT2D eigenvalue weighted by Gasteiger charge is 2.16. The van der Waals surface area contributed by atoms with Crippen molar-refractivity contribution < 1.29 is 28.9 Å². The van der Waals surface area contributed by atoms with E-state index in [0.29, 0.717) is 11.5 Å². The zero-order chi connectivity index (χ0) is 19.5. The van der Waals surface area contributed by atoms with Gasteiger partial charge >= 0.3 is 5.97 Å². The van der Waals surface area contributed by atoms with Crippen molar-refractivity contribution in [3.8, 4) is 11.5 Å². The number of ketones is 1. The minimum atomic E-state index is -1.37. The first-order valence-corrected chi connectivity index (χ1v) is 8.49. The largest absolute Gasteiger partial charge is 0.490 e. The number of aliphatic hydroxyl groups excluding tert-OH is 1. The molecule has 0 aliphatic heterocycles. The SMILES string of the molecule is CC(=CC(=O)C(O)COc1ccccc1)C(=O)OCCOc1ccccc1. The molecule has 0 amide bonds. The van der Waals surface area contributed by atoms with Gasteiger partial charge in [0.25, 0.3) is 0 Å². The van der Waals surface area contributed by atoms with Gasteiger partial charge in [0.1, 0.15) is 31.3 Å². The summed E-state index contributed by atoms with van der Waals surface area (Å²) in [7, 11) is 0. The summed E-state index contributed by atoms with van der Waals surface area (Å²) in [5.74, 6) is -0.0440. The Kier molecular flexibility index (Phi) is 8.06. The minimum Gasteiger partial charge on any atom is -0.490 e. The third-order valence-corrected chi connectivity index (χ3v) is 3.49. The van der Waals surface area contributed by atoms with Crippen molar-refractivity contribution in [1.82, 2.24) is 0 Å². The summed E-state index contributed by atoms with van der Waals surface area (Å²) in [6.45, 7) is 1.49. The summed E-state index contributed by atoms with van der Waals surface area (Å²) in [6.07, 6.45) is -0.311. The molecule has 0 saturated heterocycles. The predicted molar refractivity (Wildman–Crippen MR) is 99.6 cm³/mol. The van der Waals surface area contributed by atoms with Crippen LogP contribution in [0.3, 0.4) is 0 Å². The van der Waals surface area contributed by atoms with E-state index in [-0.39, 0.29) is 25.4 Å². The topological polar surface area (TPSA) is 82.1 Å². The molecule has 2 aromatic carbocycles. The van der Waals surface area contributed by atoms with Crippen molar-refractivity contribution in [1.29, 1.82) is 0 Å². The van der Waals surface area contributed by atoms with Crippen molar-refractivity contribution in [3.05, 3.63) is 72.3 Å². The molecule has 1 unspecified atom stereocenters. The molecule has 1 N–H and O–H groups in total. The number of hydrogen-bond donors (Lipinski definition) is 1. The summed E-state index contributed by atoms with van der Waals surface area (Å²) >= 11 is 0. The summed E-state index contributed by atoms with van der Waals surface area (Å²) in [5.41, 5.74) is 0.0958. The molecule has 2 aromatic rings. The van der Waals surface area contributed by atoms with E-state index in [4.69, 9.17) is 14.2 Å². The van der Waals surface area contributed by atoms with Gasteiger partial charge in [-0.2, -0.15) is 0 Å². The van der Waals surface area contributed by atoms with Crippen LogP contribution in [0.15, 0.2) is 72.3 Å². The Labute approximate surface area is 158 Å². The van der Waals surface area contributed by atoms with E-state index in [1.807, 2.05) is 24.3 Å². The van der Waals surface area contributed by atoms with Gasteiger partial charge in [-0.3, -0.25) is 4.79 Å². The van der Waals surface area contributed by atoms with Gasteiger partial charge in [-0.05, 0) is 37.3 Å². The number of rotatable bonds is 10. The first-order valence-electron chi connectivity index (χ1n) is 8.49. The smallest absolute Gasteiger partial charge is 0.333 e. The van der Waals surface area contributed by atoms with Gasteiger partial charge in [0, 0.05) is 5.57 Å². The minimum absolute atomic E-state index is 0.0484. The molecule has 0 bridgehead atoms. The van der Waals surface area contributed by atoms with E-state index in [1.165, 1.54) is 6.92 Å². The Balaban J connectivity index is 1.71. The molecule has 0 spiro atoms. The Morgan fingerprint density at radius 1 is 0.926 bits per heavy atom. The molecule has 0 radical (unpaired) electrons. The van der Waals surface area contributed by atoms with Crippen LogP contribution in [-0.2, 0) is 14.3 Å². The van der Waals surface area contributed by atoms with E-state index < -0.39 is 17.9 Å². The molecule has 0 aliphatic carbocycles. The number of para-hydroxylation sites is 2. The Morgan fingerprint density at radius 3 is 2.07 bits per heavy atom. The van der Waals surface area contributed by atoms with Crippen LogP contribution in [0.2, 0.25) is 0 Å². The second kappa shape index (κ2) is 10.8. The maximum absolute atomic E-state index is 12.0. The van der Waals surface area contributed by atoms with E-state index >= 15 is 0 Å². The highest BCUT2D eigenvalue weighted by molar-refractivity contribution is 6.01. The average Bonchev–Trinajstić information content (AvgIpc) is 2.70. The lowest BCUT2D eigenvalue weighted by Crippen LogP contribution is -2.26. The fraction of sp³-hybridized carbons (Fsp3) is 0.238. The maximum Gasteiger partial charge on any atom is 0.333 e. The van der Waals surface area contributed by atoms with Crippen molar-refractivity contribution in [2.45, 2.75) is 13.0 Å². The number of carbonyl (C=O) groups excluding carboxylic acids is 2. The lowest BCUT2D eigenvalue weighted by atomic mass is 10.1. The van der Waals surface area contributed by atoms with Crippen LogP contribution >= 0.6 is 0 Å². The van der Waals surface area contributed by atoms with Gasteiger partial charge in [0.05, 0.1) is 0 Å². The van der Waals surface area contributed by atoms with Gasteiger partial charge < -0.3 is 19.3 Å². The summed E-state index contributed by atoms with van der Waals surface area (Å²) in [4.78, 5) is 23.8. The highest BCUT2D eigenvalue weighted by Crippen LogP contribution is 2.10. The first-order chi connectivity index (χ1) is 13.1. The third-order valence-electron chi connectivity index (χ3n) is 3.49. The lowest BCUT2D eigenvalue weighted by molar-refractivity contribution is -0.140. The van der Waals surface area contributed by atoms with Crippen LogP contribution in [0, 0.1) is 0 Å². The van der Waals surface area contributed by atoms with Crippen molar-refractivity contribution >= 4 is 11.8 Å². The summed E-state index contributed by atoms with van der Waals surface area (Å²) in [5, 5.41) is 9.86. The lowest BCUT2D eigenvalue weighted by Gasteiger charge is -2.10. The van der Waals surface area contributed by atoms with E-state index in [2.05, 4.69) is 0 Å². The van der Waals surface area contributed by atoms with Gasteiger partial charge in [-0.1, -0.05) is 36.4 Å². The van der Waals surface area contributed by atoms with E-state index in [9.17, 15) is 14.7 Å². The molecule has 1 atom stereocenters. The molecular weight excluding hydrogens is 348 g/mol. The predicted octanol–water partition coefficient (Wildman–Crippen LogP) is 2.56. The molecule has 27 heavy (non-hydrogen) atoms. The van der Waals surface area contributed by atoms with Crippen molar-refractivity contribution in [2.24, 2.45) is 0 Å². The summed E-state index contributed by atoms with van der Waals surface area (Å²) < 4.78 is 15.8. The van der Waals surface area contributed by atoms with Crippen LogP contribution in [0.4, 0.5) is 0 Å². The zero-order valence-electron chi connectivity index (χ0n) is 15.0. The van der Waals surface area contributed by atoms with Crippen LogP contribution in [0.1, 0.15) is 6.92 Å². The molecule has 0 saturated carbocycles. The van der Waals surface area contributed by atoms with Gasteiger partial charge in [0.2, 0.25) is 0 Å². The van der Waals surface area contributed by atoms with Crippen LogP contribution in [-0.4, -0.2) is 42.8 Å². The van der Waals surface area contributed by atoms with Crippen molar-refractivity contribution in [3.63, 3.8) is 0 Å². The standard InChI is InChI=1S/C21H22O6/c1-16(21(24)26-13-12-25-17-8-4-2-5-9-17)14-19(22)20(23)15-27-18-10-6-3-7-11-18/h2-11,14,20,23H,12-13,15H2,1H3. The Morgan fingerprint density at radius 2 is 1.48 bits per heavy atom. The second-order valence-electron chi connectivity index (χ2n) is 5.67. The average molecular weight is 370 g/mol. The third kappa shape index (κ3) is 7.33. The summed E-state index contributed by atoms with van der Waals surface area (Å²) in [6, 6.07) is 18.0. The molecule has 0 heterocycles. The van der Waals surface area contributed by atoms with Crippen LogP contribution < -0.4 is 9.47 Å². The quantitative estimate of drug-likeness (QED) is 0.393. The van der Waals surface area contributed by atoms with Crippen LogP contribution in [0.5, 0.6) is 11.5 Å². The van der Waals surface area contributed by atoms with E-state index in [0.717, 1.165) is 6.08 Å². The molecule has 0 fully saturated rings. The van der Waals surface area contributed by atoms with Gasteiger partial charge in [-0.25, -0.2) is 4.79 Å². The molecule has 142 valence electrons. The van der Waals surface area contributed by atoms with Gasteiger partial charge in [-0.15, -0.1) is 0 Å².